The SMILES string of the molecule is CCCCCCCCCCCCCCCCCCCCC(=O)NC(CS(=O)(=O)O)C(O)CCCCCCCCCCCCCCCC. The molecule has 47 heavy (non-hydrogen) atoms. The summed E-state index contributed by atoms with van der Waals surface area (Å²) in [6, 6.07) is -0.963. The molecule has 2 unspecified atom stereocenters. The van der Waals surface area contributed by atoms with Crippen LogP contribution in [0.1, 0.15) is 232 Å². The number of nitrogens with one attached hydrogen (secondary N) is 1. The van der Waals surface area contributed by atoms with Crippen LogP contribution in [0.25, 0.3) is 0 Å². The Kier molecular flexibility index (Phi) is 34.7. The molecule has 0 rings (SSSR count). The first-order valence-electron chi connectivity index (χ1n) is 20.7. The second-order valence-corrected chi connectivity index (χ2v) is 16.1. The third-order valence-electron chi connectivity index (χ3n) is 9.81. The van der Waals surface area contributed by atoms with Crippen molar-refractivity contribution in [3.63, 3.8) is 0 Å². The molecule has 7 heteroatoms. The standard InChI is InChI=1S/C40H81NO5S/c1-3-5-7-9-11-13-15-17-19-20-21-22-24-26-28-30-32-34-36-40(43)41-38(37-47(44,45)46)39(42)35-33-31-29-27-25-23-18-16-14-12-10-8-6-4-2/h38-39,42H,3-37H2,1-2H3,(H,41,43)(H,44,45,46). The molecule has 0 bridgehead atoms. The zero-order chi connectivity index (χ0) is 34.7. The Balaban J connectivity index is 3.80. The topological polar surface area (TPSA) is 104 Å². The van der Waals surface area contributed by atoms with Crippen LogP contribution in [-0.4, -0.2) is 41.9 Å². The first-order chi connectivity index (χ1) is 22.8. The van der Waals surface area contributed by atoms with Gasteiger partial charge in [0.2, 0.25) is 5.91 Å². The molecule has 0 heterocycles. The smallest absolute Gasteiger partial charge is 0.266 e. The lowest BCUT2D eigenvalue weighted by molar-refractivity contribution is -0.122. The molecule has 1 amide bonds. The maximum absolute atomic E-state index is 12.5. The molecule has 0 aliphatic carbocycles. The molecule has 0 aromatic carbocycles. The monoisotopic (exact) mass is 688 g/mol. The van der Waals surface area contributed by atoms with Crippen LogP contribution in [0.3, 0.4) is 0 Å². The molecular formula is C40H81NO5S. The van der Waals surface area contributed by atoms with E-state index in [4.69, 9.17) is 0 Å². The average molecular weight is 688 g/mol. The van der Waals surface area contributed by atoms with Gasteiger partial charge < -0.3 is 10.4 Å². The van der Waals surface area contributed by atoms with Crippen molar-refractivity contribution in [3.8, 4) is 0 Å². The maximum Gasteiger partial charge on any atom is 0.266 e. The number of aliphatic hydroxyl groups is 1. The maximum atomic E-state index is 12.5. The predicted molar refractivity (Wildman–Crippen MR) is 203 cm³/mol. The molecule has 0 spiro atoms. The van der Waals surface area contributed by atoms with Crippen molar-refractivity contribution in [1.82, 2.24) is 5.32 Å². The van der Waals surface area contributed by atoms with Crippen molar-refractivity contribution in [2.45, 2.75) is 244 Å². The number of rotatable bonds is 38. The van der Waals surface area contributed by atoms with Crippen molar-refractivity contribution in [3.05, 3.63) is 0 Å². The van der Waals surface area contributed by atoms with Gasteiger partial charge in [-0.3, -0.25) is 9.35 Å². The van der Waals surface area contributed by atoms with Gasteiger partial charge in [0.15, 0.2) is 0 Å². The number of carbonyl (C=O) groups excluding carboxylic acids is 1. The summed E-state index contributed by atoms with van der Waals surface area (Å²) in [5.41, 5.74) is 0. The summed E-state index contributed by atoms with van der Waals surface area (Å²) in [6.45, 7) is 4.53. The Bertz CT molecular complexity index is 760. The normalized spacial score (nSPS) is 13.2. The van der Waals surface area contributed by atoms with E-state index in [1.165, 1.54) is 167 Å². The molecule has 2 atom stereocenters. The number of unbranched alkanes of at least 4 members (excludes halogenated alkanes) is 30. The predicted octanol–water partition coefficient (Wildman–Crippen LogP) is 12.0. The minimum absolute atomic E-state index is 0.241. The first-order valence-corrected chi connectivity index (χ1v) is 22.3. The van der Waals surface area contributed by atoms with Crippen molar-refractivity contribution < 1.29 is 22.9 Å². The van der Waals surface area contributed by atoms with Gasteiger partial charge in [0.25, 0.3) is 10.1 Å². The Morgan fingerprint density at radius 3 is 1.06 bits per heavy atom. The summed E-state index contributed by atoms with van der Waals surface area (Å²) in [5, 5.41) is 13.4. The Morgan fingerprint density at radius 1 is 0.489 bits per heavy atom. The van der Waals surface area contributed by atoms with Crippen LogP contribution in [0.4, 0.5) is 0 Å². The van der Waals surface area contributed by atoms with Crippen molar-refractivity contribution in [2.24, 2.45) is 0 Å². The summed E-state index contributed by atoms with van der Waals surface area (Å²) >= 11 is 0. The van der Waals surface area contributed by atoms with Crippen LogP contribution in [-0.2, 0) is 14.9 Å². The molecular weight excluding hydrogens is 607 g/mol. The largest absolute Gasteiger partial charge is 0.391 e. The van der Waals surface area contributed by atoms with E-state index in [2.05, 4.69) is 19.2 Å². The zero-order valence-electron chi connectivity index (χ0n) is 31.4. The molecule has 0 aliphatic rings. The number of amides is 1. The van der Waals surface area contributed by atoms with Gasteiger partial charge in [-0.25, -0.2) is 0 Å². The lowest BCUT2D eigenvalue weighted by Crippen LogP contribution is -2.47. The molecule has 3 N–H and O–H groups in total. The van der Waals surface area contributed by atoms with Gasteiger partial charge in [0.1, 0.15) is 0 Å². The third-order valence-corrected chi connectivity index (χ3v) is 10.6. The highest BCUT2D eigenvalue weighted by Crippen LogP contribution is 2.17. The molecule has 0 aliphatic heterocycles. The average Bonchev–Trinajstić information content (AvgIpc) is 3.03. The molecule has 6 nitrogen and oxygen atoms in total. The van der Waals surface area contributed by atoms with Crippen molar-refractivity contribution >= 4 is 16.0 Å². The molecule has 0 aromatic heterocycles. The second kappa shape index (κ2) is 35.2. The van der Waals surface area contributed by atoms with E-state index < -0.39 is 28.0 Å². The highest BCUT2D eigenvalue weighted by molar-refractivity contribution is 7.85. The molecule has 0 fully saturated rings. The Hall–Kier alpha value is -0.660. The van der Waals surface area contributed by atoms with Crippen LogP contribution < -0.4 is 5.32 Å². The zero-order valence-corrected chi connectivity index (χ0v) is 32.2. The van der Waals surface area contributed by atoms with Gasteiger partial charge in [-0.15, -0.1) is 0 Å². The van der Waals surface area contributed by atoms with E-state index in [1.807, 2.05) is 0 Å². The first kappa shape index (κ1) is 46.3. The van der Waals surface area contributed by atoms with Crippen molar-refractivity contribution in [1.29, 1.82) is 0 Å². The van der Waals surface area contributed by atoms with E-state index in [1.54, 1.807) is 0 Å². The van der Waals surface area contributed by atoms with E-state index in [9.17, 15) is 22.9 Å². The third kappa shape index (κ3) is 36.4. The molecule has 282 valence electrons. The van der Waals surface area contributed by atoms with E-state index >= 15 is 0 Å². The fraction of sp³-hybridized carbons (Fsp3) is 0.975. The van der Waals surface area contributed by atoms with Gasteiger partial charge >= 0.3 is 0 Å². The summed E-state index contributed by atoms with van der Waals surface area (Å²) in [6.07, 6.45) is 40.5. The highest BCUT2D eigenvalue weighted by atomic mass is 32.2. The fourth-order valence-electron chi connectivity index (χ4n) is 6.69. The van der Waals surface area contributed by atoms with Gasteiger partial charge in [-0.05, 0) is 12.8 Å². The van der Waals surface area contributed by atoms with Crippen LogP contribution in [0, 0.1) is 0 Å². The van der Waals surface area contributed by atoms with Gasteiger partial charge in [0.05, 0.1) is 17.9 Å². The lowest BCUT2D eigenvalue weighted by atomic mass is 10.0. The second-order valence-electron chi connectivity index (χ2n) is 14.6. The van der Waals surface area contributed by atoms with Crippen LogP contribution in [0.15, 0.2) is 0 Å². The number of hydrogen-bond donors (Lipinski definition) is 3. The minimum Gasteiger partial charge on any atom is -0.391 e. The highest BCUT2D eigenvalue weighted by Gasteiger charge is 2.26. The Morgan fingerprint density at radius 2 is 0.766 bits per heavy atom. The molecule has 0 saturated carbocycles. The van der Waals surface area contributed by atoms with E-state index in [-0.39, 0.29) is 5.91 Å². The Labute approximate surface area is 293 Å². The lowest BCUT2D eigenvalue weighted by Gasteiger charge is -2.23. The van der Waals surface area contributed by atoms with E-state index in [0.717, 1.165) is 38.5 Å². The van der Waals surface area contributed by atoms with Crippen LogP contribution in [0.5, 0.6) is 0 Å². The van der Waals surface area contributed by atoms with Crippen molar-refractivity contribution in [2.75, 3.05) is 5.75 Å². The fourth-order valence-corrected chi connectivity index (χ4v) is 7.45. The van der Waals surface area contributed by atoms with Gasteiger partial charge in [0, 0.05) is 6.42 Å². The van der Waals surface area contributed by atoms with Gasteiger partial charge in [-0.2, -0.15) is 8.42 Å². The van der Waals surface area contributed by atoms with Crippen LogP contribution in [0.2, 0.25) is 0 Å². The molecule has 0 aromatic rings. The summed E-state index contributed by atoms with van der Waals surface area (Å²) in [7, 11) is -4.30. The van der Waals surface area contributed by atoms with E-state index in [0.29, 0.717) is 12.8 Å². The molecule has 0 saturated heterocycles. The van der Waals surface area contributed by atoms with Gasteiger partial charge in [-0.1, -0.05) is 213 Å². The summed E-state index contributed by atoms with van der Waals surface area (Å²) < 4.78 is 32.5. The summed E-state index contributed by atoms with van der Waals surface area (Å²) in [4.78, 5) is 12.5. The minimum atomic E-state index is -4.30. The quantitative estimate of drug-likeness (QED) is 0.0443. The molecule has 0 radical (unpaired) electrons. The number of hydrogen-bond acceptors (Lipinski definition) is 4. The number of aliphatic hydroxyl groups excluding tert-OH is 1. The van der Waals surface area contributed by atoms with Crippen LogP contribution >= 0.6 is 0 Å². The summed E-state index contributed by atoms with van der Waals surface area (Å²) in [5.74, 6) is -0.882. The number of carbonyl (C=O) groups is 1.